The predicted octanol–water partition coefficient (Wildman–Crippen LogP) is 2.70. The number of hydrogen-bond donors (Lipinski definition) is 2. The van der Waals surface area contributed by atoms with Crippen LogP contribution in [-0.4, -0.2) is 9.78 Å². The molecule has 0 saturated heterocycles. The third kappa shape index (κ3) is 2.31. The molecular weight excluding hydrogens is 316 g/mol. The number of rotatable bonds is 3. The Labute approximate surface area is 119 Å². The molecule has 0 aliphatic heterocycles. The van der Waals surface area contributed by atoms with Gasteiger partial charge in [-0.3, -0.25) is 10.5 Å². The highest BCUT2D eigenvalue weighted by molar-refractivity contribution is 9.10. The molecule has 0 bridgehead atoms. The average Bonchev–Trinajstić information content (AvgIpc) is 2.67. The van der Waals surface area contributed by atoms with Crippen LogP contribution < -0.4 is 11.3 Å². The second-order valence-electron chi connectivity index (χ2n) is 4.06. The molecule has 2 aromatic rings. The molecule has 2 rings (SSSR count). The van der Waals surface area contributed by atoms with E-state index in [2.05, 4.69) is 26.5 Å². The minimum atomic E-state index is -0.192. The van der Waals surface area contributed by atoms with Gasteiger partial charge in [-0.05, 0) is 24.1 Å². The van der Waals surface area contributed by atoms with E-state index >= 15 is 0 Å². The fourth-order valence-electron chi connectivity index (χ4n) is 2.00. The van der Waals surface area contributed by atoms with Crippen molar-refractivity contribution < 1.29 is 0 Å². The van der Waals surface area contributed by atoms with Crippen molar-refractivity contribution >= 4 is 27.5 Å². The van der Waals surface area contributed by atoms with Crippen LogP contribution in [0, 0.1) is 6.92 Å². The zero-order valence-corrected chi connectivity index (χ0v) is 12.5. The van der Waals surface area contributed by atoms with E-state index in [1.807, 2.05) is 32.2 Å². The van der Waals surface area contributed by atoms with Gasteiger partial charge in [0.05, 0.1) is 23.0 Å². The molecule has 1 aromatic heterocycles. The zero-order chi connectivity index (χ0) is 13.3. The lowest BCUT2D eigenvalue weighted by atomic mass is 9.99. The van der Waals surface area contributed by atoms with Crippen LogP contribution in [0.2, 0.25) is 5.02 Å². The van der Waals surface area contributed by atoms with Crippen LogP contribution in [-0.2, 0) is 7.05 Å². The Morgan fingerprint density at radius 1 is 1.50 bits per heavy atom. The van der Waals surface area contributed by atoms with Gasteiger partial charge >= 0.3 is 0 Å². The number of nitrogens with two attached hydrogens (primary N) is 1. The summed E-state index contributed by atoms with van der Waals surface area (Å²) in [6.45, 7) is 2.04. The minimum Gasteiger partial charge on any atom is -0.271 e. The molecule has 0 saturated carbocycles. The Morgan fingerprint density at radius 3 is 2.78 bits per heavy atom. The highest BCUT2D eigenvalue weighted by Crippen LogP contribution is 2.31. The number of nitrogens with zero attached hydrogens (tertiary/aromatic N) is 2. The molecule has 96 valence electrons. The smallest absolute Gasteiger partial charge is 0.0896 e. The molecular formula is C12H14BrClN4. The number of aryl methyl sites for hydroxylation is 1. The lowest BCUT2D eigenvalue weighted by Gasteiger charge is -2.20. The quantitative estimate of drug-likeness (QED) is 0.672. The topological polar surface area (TPSA) is 55.9 Å². The van der Waals surface area contributed by atoms with Gasteiger partial charge in [-0.15, -0.1) is 0 Å². The van der Waals surface area contributed by atoms with Gasteiger partial charge < -0.3 is 0 Å². The number of hydrazine groups is 1. The van der Waals surface area contributed by atoms with E-state index in [9.17, 15) is 0 Å². The molecule has 0 fully saturated rings. The minimum absolute atomic E-state index is 0.192. The maximum Gasteiger partial charge on any atom is 0.0896 e. The monoisotopic (exact) mass is 328 g/mol. The summed E-state index contributed by atoms with van der Waals surface area (Å²) in [5, 5.41) is 4.74. The summed E-state index contributed by atoms with van der Waals surface area (Å²) in [5.74, 6) is 5.69. The van der Waals surface area contributed by atoms with E-state index < -0.39 is 0 Å². The molecule has 6 heteroatoms. The second kappa shape index (κ2) is 5.40. The molecule has 0 aliphatic rings. The maximum absolute atomic E-state index is 6.17. The summed E-state index contributed by atoms with van der Waals surface area (Å²) in [4.78, 5) is 0. The first-order valence-corrected chi connectivity index (χ1v) is 6.62. The number of benzene rings is 1. The van der Waals surface area contributed by atoms with Crippen LogP contribution in [0.4, 0.5) is 0 Å². The summed E-state index contributed by atoms with van der Waals surface area (Å²) in [5.41, 5.74) is 5.84. The number of halogens is 2. The van der Waals surface area contributed by atoms with Crippen molar-refractivity contribution in [2.45, 2.75) is 13.0 Å². The third-order valence-corrected chi connectivity index (χ3v) is 4.15. The Bertz CT molecular complexity index is 548. The Balaban J connectivity index is 2.56. The third-order valence-electron chi connectivity index (χ3n) is 3.00. The molecule has 3 N–H and O–H groups in total. The molecule has 0 amide bonds. The molecule has 0 radical (unpaired) electrons. The van der Waals surface area contributed by atoms with Crippen molar-refractivity contribution in [1.82, 2.24) is 15.2 Å². The van der Waals surface area contributed by atoms with E-state index in [1.54, 1.807) is 10.9 Å². The van der Waals surface area contributed by atoms with Gasteiger partial charge in [-0.2, -0.15) is 5.10 Å². The van der Waals surface area contributed by atoms with Crippen molar-refractivity contribution in [1.29, 1.82) is 0 Å². The normalized spacial score (nSPS) is 12.7. The van der Waals surface area contributed by atoms with Gasteiger partial charge in [-0.25, -0.2) is 5.43 Å². The standard InChI is InChI=1S/C12H14BrClN4/c1-7-8(4-3-5-9(7)13)11(17-15)12-10(14)6-16-18(12)2/h3-6,11,17H,15H2,1-2H3. The van der Waals surface area contributed by atoms with Gasteiger partial charge in [0.15, 0.2) is 0 Å². The van der Waals surface area contributed by atoms with Crippen LogP contribution >= 0.6 is 27.5 Å². The Hall–Kier alpha value is -0.880. The van der Waals surface area contributed by atoms with Crippen LogP contribution in [0.3, 0.4) is 0 Å². The van der Waals surface area contributed by atoms with Crippen LogP contribution in [0.15, 0.2) is 28.9 Å². The highest BCUT2D eigenvalue weighted by atomic mass is 79.9. The van der Waals surface area contributed by atoms with Crippen molar-refractivity contribution in [2.75, 3.05) is 0 Å². The van der Waals surface area contributed by atoms with E-state index in [0.29, 0.717) is 5.02 Å². The zero-order valence-electron chi connectivity index (χ0n) is 10.1. The number of hydrogen-bond acceptors (Lipinski definition) is 3. The fraction of sp³-hybridized carbons (Fsp3) is 0.250. The number of aromatic nitrogens is 2. The highest BCUT2D eigenvalue weighted by Gasteiger charge is 2.21. The molecule has 1 atom stereocenters. The second-order valence-corrected chi connectivity index (χ2v) is 5.32. The van der Waals surface area contributed by atoms with E-state index in [4.69, 9.17) is 17.4 Å². The van der Waals surface area contributed by atoms with Crippen molar-refractivity contribution in [3.8, 4) is 0 Å². The van der Waals surface area contributed by atoms with Crippen LogP contribution in [0.5, 0.6) is 0 Å². The molecule has 1 aromatic carbocycles. The summed E-state index contributed by atoms with van der Waals surface area (Å²) in [6, 6.07) is 5.80. The van der Waals surface area contributed by atoms with Crippen molar-refractivity contribution in [3.63, 3.8) is 0 Å². The van der Waals surface area contributed by atoms with E-state index in [-0.39, 0.29) is 6.04 Å². The molecule has 0 aliphatic carbocycles. The summed E-state index contributed by atoms with van der Waals surface area (Å²) in [7, 11) is 1.85. The van der Waals surface area contributed by atoms with Crippen molar-refractivity contribution in [2.24, 2.45) is 12.9 Å². The van der Waals surface area contributed by atoms with Gasteiger partial charge in [0.1, 0.15) is 0 Å². The van der Waals surface area contributed by atoms with Crippen molar-refractivity contribution in [3.05, 3.63) is 50.7 Å². The summed E-state index contributed by atoms with van der Waals surface area (Å²) >= 11 is 9.69. The largest absolute Gasteiger partial charge is 0.271 e. The Morgan fingerprint density at radius 2 is 2.22 bits per heavy atom. The first-order chi connectivity index (χ1) is 8.56. The Kier molecular flexibility index (Phi) is 4.07. The molecule has 0 spiro atoms. The first-order valence-electron chi connectivity index (χ1n) is 5.44. The predicted molar refractivity (Wildman–Crippen MR) is 76.3 cm³/mol. The summed E-state index contributed by atoms with van der Waals surface area (Å²) < 4.78 is 2.77. The molecule has 1 heterocycles. The molecule has 1 unspecified atom stereocenters. The lowest BCUT2D eigenvalue weighted by Crippen LogP contribution is -2.31. The maximum atomic E-state index is 6.17. The van der Waals surface area contributed by atoms with Crippen LogP contribution in [0.1, 0.15) is 22.9 Å². The van der Waals surface area contributed by atoms with E-state index in [0.717, 1.165) is 21.3 Å². The SMILES string of the molecule is Cc1c(Br)cccc1C(NN)c1c(Cl)cnn1C. The molecule has 4 nitrogen and oxygen atoms in total. The average molecular weight is 330 g/mol. The summed E-state index contributed by atoms with van der Waals surface area (Å²) in [6.07, 6.45) is 1.62. The van der Waals surface area contributed by atoms with Gasteiger partial charge in [0.2, 0.25) is 0 Å². The fourth-order valence-corrected chi connectivity index (χ4v) is 2.65. The van der Waals surface area contributed by atoms with Crippen LogP contribution in [0.25, 0.3) is 0 Å². The van der Waals surface area contributed by atoms with E-state index in [1.165, 1.54) is 0 Å². The lowest BCUT2D eigenvalue weighted by molar-refractivity contribution is 0.573. The first kappa shape index (κ1) is 13.5. The van der Waals surface area contributed by atoms with Gasteiger partial charge in [-0.1, -0.05) is 39.7 Å². The van der Waals surface area contributed by atoms with Gasteiger partial charge in [0.25, 0.3) is 0 Å². The molecule has 18 heavy (non-hydrogen) atoms. The number of nitrogens with one attached hydrogen (secondary N) is 1. The van der Waals surface area contributed by atoms with Gasteiger partial charge in [0, 0.05) is 11.5 Å².